The highest BCUT2D eigenvalue weighted by molar-refractivity contribution is 6.07. The van der Waals surface area contributed by atoms with Crippen LogP contribution in [0.5, 0.6) is 0 Å². The monoisotopic (exact) mass is 379 g/mol. The number of rotatable bonds is 4. The summed E-state index contributed by atoms with van der Waals surface area (Å²) in [7, 11) is 0. The lowest BCUT2D eigenvalue weighted by atomic mass is 9.86. The van der Waals surface area contributed by atoms with Gasteiger partial charge in [-0.1, -0.05) is 73.3 Å². The minimum Gasteiger partial charge on any atom is -0.322 e. The Morgan fingerprint density at radius 2 is 1.81 bits per heavy atom. The maximum Gasteiger partial charge on any atom is 0.264 e. The van der Waals surface area contributed by atoms with Gasteiger partial charge < -0.3 is 5.32 Å². The van der Waals surface area contributed by atoms with Crippen LogP contribution in [-0.2, 0) is 10.2 Å². The fourth-order valence-corrected chi connectivity index (χ4v) is 3.54. The Labute approximate surface area is 163 Å². The Balaban J connectivity index is 0.00000158. The molecule has 1 N–H and O–H groups in total. The van der Waals surface area contributed by atoms with E-state index in [4.69, 9.17) is 0 Å². The second kappa shape index (κ2) is 11.0. The third-order valence-electron chi connectivity index (χ3n) is 4.54. The molecule has 0 radical (unpaired) electrons. The summed E-state index contributed by atoms with van der Waals surface area (Å²) < 4.78 is 25.7. The van der Waals surface area contributed by atoms with Gasteiger partial charge in [0.1, 0.15) is 0 Å². The molecule has 1 amide bonds. The molecule has 152 valence electrons. The van der Waals surface area contributed by atoms with Crippen molar-refractivity contribution in [3.63, 3.8) is 0 Å². The lowest BCUT2D eigenvalue weighted by molar-refractivity contribution is -0.112. The molecule has 0 heterocycles. The van der Waals surface area contributed by atoms with Gasteiger partial charge in [-0.15, -0.1) is 0 Å². The van der Waals surface area contributed by atoms with Crippen molar-refractivity contribution in [1.82, 2.24) is 0 Å². The molecule has 0 spiro atoms. The number of hydrogen-bond donors (Lipinski definition) is 1. The highest BCUT2D eigenvalue weighted by atomic mass is 19.3. The zero-order chi connectivity index (χ0) is 21.4. The first-order chi connectivity index (χ1) is 12.7. The Bertz CT molecular complexity index is 675. The average molecular weight is 380 g/mol. The number of carbonyl (C=O) groups excluding carboxylic acids is 1. The summed E-state index contributed by atoms with van der Waals surface area (Å²) in [6.07, 6.45) is -0.373. The van der Waals surface area contributed by atoms with Crippen molar-refractivity contribution in [2.75, 3.05) is 5.32 Å². The molecular formula is C23H35F2NO. The van der Waals surface area contributed by atoms with Gasteiger partial charge in [0.25, 0.3) is 12.3 Å². The van der Waals surface area contributed by atoms with E-state index in [1.807, 2.05) is 39.8 Å². The number of amides is 1. The van der Waals surface area contributed by atoms with Crippen molar-refractivity contribution in [2.24, 2.45) is 0 Å². The third kappa shape index (κ3) is 5.75. The minimum atomic E-state index is -2.74. The topological polar surface area (TPSA) is 29.1 Å². The third-order valence-corrected chi connectivity index (χ3v) is 4.54. The maximum absolute atomic E-state index is 12.8. The van der Waals surface area contributed by atoms with E-state index in [9.17, 15) is 13.6 Å². The molecule has 4 heteroatoms. The van der Waals surface area contributed by atoms with Crippen LogP contribution in [0.4, 0.5) is 14.5 Å². The summed E-state index contributed by atoms with van der Waals surface area (Å²) in [4.78, 5) is 12.4. The molecule has 0 saturated carbocycles. The Morgan fingerprint density at radius 3 is 2.30 bits per heavy atom. The summed E-state index contributed by atoms with van der Waals surface area (Å²) >= 11 is 0. The second-order valence-corrected chi connectivity index (χ2v) is 6.74. The lowest BCUT2D eigenvalue weighted by Crippen LogP contribution is -2.19. The smallest absolute Gasteiger partial charge is 0.264 e. The predicted molar refractivity (Wildman–Crippen MR) is 113 cm³/mol. The van der Waals surface area contributed by atoms with Crippen LogP contribution in [0.15, 0.2) is 42.0 Å². The molecule has 2 rings (SSSR count). The summed E-state index contributed by atoms with van der Waals surface area (Å²) in [5, 5.41) is 2.80. The van der Waals surface area contributed by atoms with Crippen LogP contribution < -0.4 is 5.32 Å². The Hall–Kier alpha value is -1.97. The van der Waals surface area contributed by atoms with Crippen LogP contribution in [0.3, 0.4) is 0 Å². The van der Waals surface area contributed by atoms with E-state index in [-0.39, 0.29) is 11.0 Å². The van der Waals surface area contributed by atoms with Crippen molar-refractivity contribution < 1.29 is 13.6 Å². The largest absolute Gasteiger partial charge is 0.322 e. The van der Waals surface area contributed by atoms with Gasteiger partial charge in [-0.05, 0) is 41.9 Å². The van der Waals surface area contributed by atoms with Crippen molar-refractivity contribution in [3.05, 3.63) is 53.1 Å². The molecular weight excluding hydrogens is 344 g/mol. The number of alkyl halides is 2. The molecule has 0 aliphatic heterocycles. The fraction of sp³-hybridized carbons (Fsp3) is 0.522. The highest BCUT2D eigenvalue weighted by Crippen LogP contribution is 2.48. The Kier molecular flexibility index (Phi) is 10.2. The first-order valence-corrected chi connectivity index (χ1v) is 9.77. The molecule has 1 aromatic carbocycles. The Morgan fingerprint density at radius 1 is 1.26 bits per heavy atom. The summed E-state index contributed by atoms with van der Waals surface area (Å²) in [5.74, 6) is -0.230. The first kappa shape index (κ1) is 25.0. The number of halogens is 2. The maximum atomic E-state index is 12.8. The van der Waals surface area contributed by atoms with Crippen molar-refractivity contribution >= 4 is 11.6 Å². The van der Waals surface area contributed by atoms with Gasteiger partial charge >= 0.3 is 0 Å². The van der Waals surface area contributed by atoms with Crippen LogP contribution in [-0.4, -0.2) is 12.3 Å². The van der Waals surface area contributed by atoms with Crippen LogP contribution in [0.1, 0.15) is 78.9 Å². The quantitative estimate of drug-likeness (QED) is 0.434. The average Bonchev–Trinajstić information content (AvgIpc) is 2.88. The van der Waals surface area contributed by atoms with E-state index in [1.54, 1.807) is 6.92 Å². The molecule has 0 fully saturated rings. The standard InChI is InChI=1S/C19H23F2NO.2C2H6/c1-6-13(12(3)17(20)21)18(23)22-15-9-7-8-14-16(15)11(2)10-19(14,4)5;2*1-2/h6-9,11,17H,3,10H2,1-2,4-5H3,(H,22,23);2*1-2H3/b13-6+;;. The van der Waals surface area contributed by atoms with Crippen LogP contribution in [0, 0.1) is 0 Å². The van der Waals surface area contributed by atoms with Gasteiger partial charge in [0.2, 0.25) is 0 Å². The second-order valence-electron chi connectivity index (χ2n) is 6.74. The number of anilines is 1. The zero-order valence-electron chi connectivity index (χ0n) is 18.0. The van der Waals surface area contributed by atoms with E-state index >= 15 is 0 Å². The number of fused-ring (bicyclic) bond motifs is 1. The molecule has 0 bridgehead atoms. The molecule has 0 aromatic heterocycles. The zero-order valence-corrected chi connectivity index (χ0v) is 18.0. The van der Waals surface area contributed by atoms with Crippen LogP contribution in [0.2, 0.25) is 0 Å². The highest BCUT2D eigenvalue weighted by Gasteiger charge is 2.36. The summed E-state index contributed by atoms with van der Waals surface area (Å²) in [6.45, 7) is 19.4. The number of hydrogen-bond acceptors (Lipinski definition) is 1. The van der Waals surface area contributed by atoms with Crippen molar-refractivity contribution in [2.45, 2.75) is 79.6 Å². The van der Waals surface area contributed by atoms with E-state index in [1.165, 1.54) is 11.6 Å². The number of benzene rings is 1. The lowest BCUT2D eigenvalue weighted by Gasteiger charge is -2.19. The van der Waals surface area contributed by atoms with E-state index in [2.05, 4.69) is 38.7 Å². The molecule has 27 heavy (non-hydrogen) atoms. The van der Waals surface area contributed by atoms with Crippen LogP contribution >= 0.6 is 0 Å². The number of carbonyl (C=O) groups is 1. The molecule has 1 atom stereocenters. The summed E-state index contributed by atoms with van der Waals surface area (Å²) in [6, 6.07) is 5.79. The molecule has 1 aromatic rings. The molecule has 2 nitrogen and oxygen atoms in total. The fourth-order valence-electron chi connectivity index (χ4n) is 3.54. The van der Waals surface area contributed by atoms with Gasteiger partial charge in [0.05, 0.1) is 0 Å². The molecule has 1 unspecified atom stereocenters. The van der Waals surface area contributed by atoms with Gasteiger partial charge in [-0.25, -0.2) is 8.78 Å². The SMILES string of the molecule is C=C(/C(=C\C)C(=O)Nc1cccc2c1C(C)CC2(C)C)C(F)F.CC.CC. The molecule has 0 saturated heterocycles. The van der Waals surface area contributed by atoms with Gasteiger partial charge in [-0.3, -0.25) is 4.79 Å². The summed E-state index contributed by atoms with van der Waals surface area (Å²) in [5.41, 5.74) is 2.54. The number of nitrogens with one attached hydrogen (secondary N) is 1. The van der Waals surface area contributed by atoms with Crippen LogP contribution in [0.25, 0.3) is 0 Å². The van der Waals surface area contributed by atoms with Gasteiger partial charge in [0, 0.05) is 16.8 Å². The molecule has 1 aliphatic carbocycles. The number of allylic oxidation sites excluding steroid dienone is 1. The van der Waals surface area contributed by atoms with Crippen molar-refractivity contribution in [3.8, 4) is 0 Å². The molecule has 1 aliphatic rings. The predicted octanol–water partition coefficient (Wildman–Crippen LogP) is 7.23. The first-order valence-electron chi connectivity index (χ1n) is 9.77. The van der Waals surface area contributed by atoms with E-state index < -0.39 is 17.9 Å². The normalized spacial score (nSPS) is 17.1. The van der Waals surface area contributed by atoms with Crippen molar-refractivity contribution in [1.29, 1.82) is 0 Å². The van der Waals surface area contributed by atoms with E-state index in [0.717, 1.165) is 12.0 Å². The van der Waals surface area contributed by atoms with Gasteiger partial charge in [-0.2, -0.15) is 0 Å². The van der Waals surface area contributed by atoms with E-state index in [0.29, 0.717) is 11.6 Å². The van der Waals surface area contributed by atoms with Gasteiger partial charge in [0.15, 0.2) is 0 Å². The minimum absolute atomic E-state index is 0.0471.